The second-order valence-electron chi connectivity index (χ2n) is 6.91. The molecule has 0 aliphatic carbocycles. The molecule has 2 bridgehead atoms. The summed E-state index contributed by atoms with van der Waals surface area (Å²) >= 11 is 0. The molecule has 2 atom stereocenters. The molecule has 1 fully saturated rings. The first-order chi connectivity index (χ1) is 11.7. The number of benzene rings is 2. The van der Waals surface area contributed by atoms with E-state index in [1.807, 2.05) is 6.07 Å². The maximum absolute atomic E-state index is 13.4. The second kappa shape index (κ2) is 6.48. The molecule has 2 aromatic rings. The lowest BCUT2D eigenvalue weighted by atomic mass is 9.94. The van der Waals surface area contributed by atoms with Crippen molar-refractivity contribution in [2.75, 3.05) is 0 Å². The van der Waals surface area contributed by atoms with Gasteiger partial charge in [-0.1, -0.05) is 48.0 Å². The van der Waals surface area contributed by atoms with E-state index in [2.05, 4.69) is 35.2 Å². The van der Waals surface area contributed by atoms with Crippen LogP contribution in [0.4, 0.5) is 8.78 Å². The summed E-state index contributed by atoms with van der Waals surface area (Å²) in [7, 11) is 0. The van der Waals surface area contributed by atoms with Crippen LogP contribution in [0.2, 0.25) is 0 Å². The van der Waals surface area contributed by atoms with E-state index in [1.165, 1.54) is 36.1 Å². The Kier molecular flexibility index (Phi) is 4.19. The molecule has 124 valence electrons. The summed E-state index contributed by atoms with van der Waals surface area (Å²) in [6.45, 7) is 0.991. The van der Waals surface area contributed by atoms with Gasteiger partial charge < -0.3 is 0 Å². The quantitative estimate of drug-likeness (QED) is 0.725. The number of halogens is 2. The summed E-state index contributed by atoms with van der Waals surface area (Å²) in [5.41, 5.74) is 3.57. The van der Waals surface area contributed by atoms with Crippen molar-refractivity contribution in [3.05, 3.63) is 82.9 Å². The predicted octanol–water partition coefficient (Wildman–Crippen LogP) is 4.87. The molecule has 0 spiro atoms. The van der Waals surface area contributed by atoms with Gasteiger partial charge in [0, 0.05) is 18.6 Å². The van der Waals surface area contributed by atoms with Crippen LogP contribution in [0.3, 0.4) is 0 Å². The second-order valence-corrected chi connectivity index (χ2v) is 6.91. The van der Waals surface area contributed by atoms with Crippen molar-refractivity contribution in [1.82, 2.24) is 4.90 Å². The van der Waals surface area contributed by atoms with Crippen molar-refractivity contribution in [2.45, 2.75) is 44.3 Å². The van der Waals surface area contributed by atoms with E-state index in [9.17, 15) is 8.78 Å². The van der Waals surface area contributed by atoms with Gasteiger partial charge in [-0.25, -0.2) is 8.78 Å². The van der Waals surface area contributed by atoms with Gasteiger partial charge in [-0.15, -0.1) is 0 Å². The third-order valence-corrected chi connectivity index (χ3v) is 5.24. The van der Waals surface area contributed by atoms with Crippen LogP contribution in [0.15, 0.2) is 60.2 Å². The van der Waals surface area contributed by atoms with Crippen LogP contribution >= 0.6 is 0 Å². The summed E-state index contributed by atoms with van der Waals surface area (Å²) in [4.78, 5) is 2.59. The molecule has 2 unspecified atom stereocenters. The third kappa shape index (κ3) is 3.13. The molecule has 4 rings (SSSR count). The largest absolute Gasteiger partial charge is 0.289 e. The molecular weight excluding hydrogens is 304 g/mol. The average Bonchev–Trinajstić information content (AvgIpc) is 2.81. The first-order valence-corrected chi connectivity index (χ1v) is 8.62. The van der Waals surface area contributed by atoms with E-state index < -0.39 is 11.6 Å². The van der Waals surface area contributed by atoms with E-state index in [4.69, 9.17) is 0 Å². The molecule has 0 N–H and O–H groups in total. The first-order valence-electron chi connectivity index (χ1n) is 8.62. The van der Waals surface area contributed by atoms with Crippen LogP contribution < -0.4 is 0 Å². The van der Waals surface area contributed by atoms with E-state index in [1.54, 1.807) is 6.07 Å². The van der Waals surface area contributed by atoms with E-state index >= 15 is 0 Å². The lowest BCUT2D eigenvalue weighted by molar-refractivity contribution is 0.194. The summed E-state index contributed by atoms with van der Waals surface area (Å²) in [5, 5.41) is 0. The van der Waals surface area contributed by atoms with Crippen LogP contribution in [0.25, 0.3) is 0 Å². The zero-order valence-corrected chi connectivity index (χ0v) is 13.6. The topological polar surface area (TPSA) is 3.24 Å². The Hall–Kier alpha value is -2.00. The smallest absolute Gasteiger partial charge is 0.159 e. The minimum atomic E-state index is -0.773. The molecule has 2 aliphatic rings. The third-order valence-electron chi connectivity index (χ3n) is 5.24. The minimum Gasteiger partial charge on any atom is -0.289 e. The van der Waals surface area contributed by atoms with Crippen molar-refractivity contribution in [1.29, 1.82) is 0 Å². The average molecular weight is 325 g/mol. The lowest BCUT2D eigenvalue weighted by Gasteiger charge is -2.34. The molecule has 0 saturated carbocycles. The number of nitrogens with zero attached hydrogens (tertiary/aromatic N) is 1. The molecule has 0 amide bonds. The molecule has 0 radical (unpaired) electrons. The Bertz CT molecular complexity index is 754. The van der Waals surface area contributed by atoms with Gasteiger partial charge >= 0.3 is 0 Å². The van der Waals surface area contributed by atoms with Crippen LogP contribution in [0.1, 0.15) is 30.4 Å². The van der Waals surface area contributed by atoms with Gasteiger partial charge in [0.1, 0.15) is 0 Å². The van der Waals surface area contributed by atoms with Crippen molar-refractivity contribution in [2.24, 2.45) is 0 Å². The van der Waals surface area contributed by atoms with Crippen molar-refractivity contribution in [3.63, 3.8) is 0 Å². The highest BCUT2D eigenvalue weighted by molar-refractivity contribution is 5.28. The zero-order chi connectivity index (χ0) is 16.5. The Labute approximate surface area is 141 Å². The fourth-order valence-electron chi connectivity index (χ4n) is 4.09. The summed E-state index contributed by atoms with van der Waals surface area (Å²) in [5.74, 6) is -1.52. The Morgan fingerprint density at radius 1 is 0.917 bits per heavy atom. The predicted molar refractivity (Wildman–Crippen MR) is 91.6 cm³/mol. The van der Waals surface area contributed by atoms with Gasteiger partial charge in [-0.3, -0.25) is 4.90 Å². The molecule has 1 saturated heterocycles. The fraction of sp³-hybridized carbons (Fsp3) is 0.333. The number of rotatable bonds is 4. The SMILES string of the molecule is Fc1ccc(CC2=CC3CCC(C2)N3Cc2ccccc2)cc1F. The van der Waals surface area contributed by atoms with Crippen molar-refractivity contribution < 1.29 is 8.78 Å². The summed E-state index contributed by atoms with van der Waals surface area (Å²) < 4.78 is 26.5. The molecular formula is C21H21F2N. The molecule has 1 nitrogen and oxygen atoms in total. The normalized spacial score (nSPS) is 23.3. The highest BCUT2D eigenvalue weighted by Crippen LogP contribution is 2.37. The van der Waals surface area contributed by atoms with Gasteiger partial charge in [-0.2, -0.15) is 0 Å². The number of hydrogen-bond donors (Lipinski definition) is 0. The molecule has 2 aliphatic heterocycles. The van der Waals surface area contributed by atoms with Gasteiger partial charge in [0.2, 0.25) is 0 Å². The van der Waals surface area contributed by atoms with Crippen LogP contribution in [-0.2, 0) is 13.0 Å². The molecule has 2 aromatic carbocycles. The number of hydrogen-bond acceptors (Lipinski definition) is 1. The lowest BCUT2D eigenvalue weighted by Crippen LogP contribution is -2.38. The summed E-state index contributed by atoms with van der Waals surface area (Å²) in [6.07, 6.45) is 6.52. The van der Waals surface area contributed by atoms with Crippen LogP contribution in [0.5, 0.6) is 0 Å². The zero-order valence-electron chi connectivity index (χ0n) is 13.6. The maximum Gasteiger partial charge on any atom is 0.159 e. The summed E-state index contributed by atoms with van der Waals surface area (Å²) in [6, 6.07) is 15.9. The minimum absolute atomic E-state index is 0.476. The van der Waals surface area contributed by atoms with E-state index in [-0.39, 0.29) is 0 Å². The monoisotopic (exact) mass is 325 g/mol. The molecule has 3 heteroatoms. The van der Waals surface area contributed by atoms with Gasteiger partial charge in [0.05, 0.1) is 0 Å². The van der Waals surface area contributed by atoms with E-state index in [0.29, 0.717) is 12.1 Å². The van der Waals surface area contributed by atoms with Gasteiger partial charge in [0.15, 0.2) is 11.6 Å². The van der Waals surface area contributed by atoms with Crippen LogP contribution in [-0.4, -0.2) is 17.0 Å². The Morgan fingerprint density at radius 3 is 2.50 bits per heavy atom. The Morgan fingerprint density at radius 2 is 1.75 bits per heavy atom. The maximum atomic E-state index is 13.4. The fourth-order valence-corrected chi connectivity index (χ4v) is 4.09. The molecule has 0 aromatic heterocycles. The van der Waals surface area contributed by atoms with Gasteiger partial charge in [0.25, 0.3) is 0 Å². The van der Waals surface area contributed by atoms with Crippen molar-refractivity contribution in [3.8, 4) is 0 Å². The first kappa shape index (κ1) is 15.5. The van der Waals surface area contributed by atoms with Gasteiger partial charge in [-0.05, 0) is 48.9 Å². The molecule has 2 heterocycles. The standard InChI is InChI=1S/C21H21F2N/c22-20-9-6-16(13-21(20)23)10-17-11-18-7-8-19(12-17)24(18)14-15-4-2-1-3-5-15/h1-6,9,11,13,18-19H,7-8,10,12,14H2. The highest BCUT2D eigenvalue weighted by Gasteiger charge is 2.36. The van der Waals surface area contributed by atoms with Crippen LogP contribution in [0, 0.1) is 11.6 Å². The highest BCUT2D eigenvalue weighted by atomic mass is 19.2. The molecule has 24 heavy (non-hydrogen) atoms. The van der Waals surface area contributed by atoms with E-state index in [0.717, 1.165) is 24.9 Å². The Balaban J connectivity index is 1.48. The van der Waals surface area contributed by atoms with Crippen molar-refractivity contribution >= 4 is 0 Å². The number of fused-ring (bicyclic) bond motifs is 2.